The zero-order chi connectivity index (χ0) is 13.1. The summed E-state index contributed by atoms with van der Waals surface area (Å²) in [6.07, 6.45) is 0. The number of benzene rings is 1. The van der Waals surface area contributed by atoms with E-state index in [2.05, 4.69) is 10.2 Å². The van der Waals surface area contributed by atoms with Crippen LogP contribution in [0.25, 0.3) is 0 Å². The molecule has 0 fully saturated rings. The molecule has 0 aliphatic heterocycles. The molecule has 4 nitrogen and oxygen atoms in total. The average molecular weight is 301 g/mol. The molecule has 2 N–H and O–H groups in total. The molecule has 0 saturated heterocycles. The van der Waals surface area contributed by atoms with Crippen molar-refractivity contribution in [3.05, 3.63) is 28.8 Å². The van der Waals surface area contributed by atoms with E-state index in [-0.39, 0.29) is 0 Å². The molecule has 2 rings (SSSR count). The Kier molecular flexibility index (Phi) is 4.31. The first-order valence-electron chi connectivity index (χ1n) is 5.24. The first-order chi connectivity index (χ1) is 8.56. The Labute approximate surface area is 119 Å². The van der Waals surface area contributed by atoms with E-state index in [1.807, 2.05) is 31.1 Å². The van der Waals surface area contributed by atoms with Crippen LogP contribution in [0.1, 0.15) is 5.56 Å². The fraction of sp³-hybridized carbons (Fsp3) is 0.273. The monoisotopic (exact) mass is 300 g/mol. The SMILES string of the molecule is CN(C)c1nnc(SCc2cc(N)ccc2Cl)s1. The molecule has 0 saturated carbocycles. The summed E-state index contributed by atoms with van der Waals surface area (Å²) in [5, 5.41) is 9.83. The predicted octanol–water partition coefficient (Wildman–Crippen LogP) is 3.13. The number of hydrogen-bond acceptors (Lipinski definition) is 6. The molecule has 0 aliphatic carbocycles. The average Bonchev–Trinajstić information content (AvgIpc) is 2.79. The van der Waals surface area contributed by atoms with Crippen LogP contribution in [0.3, 0.4) is 0 Å². The van der Waals surface area contributed by atoms with Crippen LogP contribution in [-0.2, 0) is 5.75 Å². The highest BCUT2D eigenvalue weighted by atomic mass is 35.5. The first kappa shape index (κ1) is 13.5. The molecule has 2 aromatic rings. The quantitative estimate of drug-likeness (QED) is 0.694. The zero-order valence-corrected chi connectivity index (χ0v) is 12.4. The van der Waals surface area contributed by atoms with Gasteiger partial charge in [0.25, 0.3) is 0 Å². The van der Waals surface area contributed by atoms with E-state index in [1.165, 1.54) is 0 Å². The van der Waals surface area contributed by atoms with Gasteiger partial charge in [0.2, 0.25) is 5.13 Å². The van der Waals surface area contributed by atoms with Gasteiger partial charge in [-0.25, -0.2) is 0 Å². The van der Waals surface area contributed by atoms with Gasteiger partial charge in [0.05, 0.1) is 0 Å². The normalized spacial score (nSPS) is 10.6. The lowest BCUT2D eigenvalue weighted by molar-refractivity contribution is 0.972. The van der Waals surface area contributed by atoms with Crippen molar-refractivity contribution in [2.75, 3.05) is 24.7 Å². The summed E-state index contributed by atoms with van der Waals surface area (Å²) in [5.41, 5.74) is 7.48. The van der Waals surface area contributed by atoms with Gasteiger partial charge in [0, 0.05) is 30.6 Å². The summed E-state index contributed by atoms with van der Waals surface area (Å²) in [7, 11) is 3.90. The van der Waals surface area contributed by atoms with Crippen molar-refractivity contribution < 1.29 is 0 Å². The van der Waals surface area contributed by atoms with Gasteiger partial charge < -0.3 is 10.6 Å². The molecule has 0 spiro atoms. The minimum absolute atomic E-state index is 0.723. The maximum atomic E-state index is 6.11. The molecule has 7 heteroatoms. The fourth-order valence-electron chi connectivity index (χ4n) is 1.29. The summed E-state index contributed by atoms with van der Waals surface area (Å²) in [6, 6.07) is 5.51. The number of hydrogen-bond donors (Lipinski definition) is 1. The highest BCUT2D eigenvalue weighted by Crippen LogP contribution is 2.31. The van der Waals surface area contributed by atoms with Gasteiger partial charge in [-0.05, 0) is 23.8 Å². The van der Waals surface area contributed by atoms with E-state index in [9.17, 15) is 0 Å². The highest BCUT2D eigenvalue weighted by molar-refractivity contribution is 8.00. The molecule has 0 unspecified atom stereocenters. The number of nitrogens with zero attached hydrogens (tertiary/aromatic N) is 3. The molecule has 0 aliphatic rings. The number of halogens is 1. The van der Waals surface area contributed by atoms with Crippen LogP contribution in [0.2, 0.25) is 5.02 Å². The lowest BCUT2D eigenvalue weighted by atomic mass is 10.2. The third-order valence-electron chi connectivity index (χ3n) is 2.20. The van der Waals surface area contributed by atoms with E-state index < -0.39 is 0 Å². The van der Waals surface area contributed by atoms with Crippen LogP contribution in [0.5, 0.6) is 0 Å². The Bertz CT molecular complexity index is 542. The van der Waals surface area contributed by atoms with E-state index in [4.69, 9.17) is 17.3 Å². The predicted molar refractivity (Wildman–Crippen MR) is 79.7 cm³/mol. The number of anilines is 2. The molecule has 0 radical (unpaired) electrons. The Morgan fingerprint density at radius 2 is 2.17 bits per heavy atom. The molecular weight excluding hydrogens is 288 g/mol. The Hall–Kier alpha value is -0.980. The van der Waals surface area contributed by atoms with Crippen molar-refractivity contribution in [2.24, 2.45) is 0 Å². The van der Waals surface area contributed by atoms with Gasteiger partial charge in [0.1, 0.15) is 0 Å². The van der Waals surface area contributed by atoms with Crippen molar-refractivity contribution >= 4 is 45.5 Å². The number of nitrogens with two attached hydrogens (primary N) is 1. The summed E-state index contributed by atoms with van der Waals surface area (Å²) in [5.74, 6) is 0.742. The molecule has 96 valence electrons. The second kappa shape index (κ2) is 5.77. The summed E-state index contributed by atoms with van der Waals surface area (Å²) in [6.45, 7) is 0. The third-order valence-corrected chi connectivity index (χ3v) is 4.84. The van der Waals surface area contributed by atoms with Crippen molar-refractivity contribution in [1.29, 1.82) is 0 Å². The van der Waals surface area contributed by atoms with Crippen molar-refractivity contribution in [3.8, 4) is 0 Å². The Morgan fingerprint density at radius 1 is 1.39 bits per heavy atom. The standard InChI is InChI=1S/C11H13ClN4S2/c1-16(2)10-14-15-11(18-10)17-6-7-5-8(13)3-4-9(7)12/h3-5H,6,13H2,1-2H3. The molecule has 0 amide bonds. The van der Waals surface area contributed by atoms with E-state index in [1.54, 1.807) is 29.2 Å². The van der Waals surface area contributed by atoms with E-state index in [0.29, 0.717) is 0 Å². The lowest BCUT2D eigenvalue weighted by Gasteiger charge is -2.04. The number of nitrogen functional groups attached to an aromatic ring is 1. The number of aromatic nitrogens is 2. The molecular formula is C11H13ClN4S2. The lowest BCUT2D eigenvalue weighted by Crippen LogP contribution is -2.07. The topological polar surface area (TPSA) is 55.0 Å². The van der Waals surface area contributed by atoms with Crippen molar-refractivity contribution in [2.45, 2.75) is 10.1 Å². The van der Waals surface area contributed by atoms with Gasteiger partial charge in [-0.15, -0.1) is 10.2 Å². The third kappa shape index (κ3) is 3.28. The van der Waals surface area contributed by atoms with Gasteiger partial charge >= 0.3 is 0 Å². The summed E-state index contributed by atoms with van der Waals surface area (Å²) >= 11 is 9.28. The van der Waals surface area contributed by atoms with E-state index >= 15 is 0 Å². The van der Waals surface area contributed by atoms with Crippen molar-refractivity contribution in [1.82, 2.24) is 10.2 Å². The smallest absolute Gasteiger partial charge is 0.208 e. The van der Waals surface area contributed by atoms with Gasteiger partial charge in [-0.3, -0.25) is 0 Å². The van der Waals surface area contributed by atoms with Crippen LogP contribution in [0.15, 0.2) is 22.5 Å². The highest BCUT2D eigenvalue weighted by Gasteiger charge is 2.08. The molecule has 1 heterocycles. The van der Waals surface area contributed by atoms with Gasteiger partial charge in [0.15, 0.2) is 4.34 Å². The van der Waals surface area contributed by atoms with E-state index in [0.717, 1.165) is 31.5 Å². The second-order valence-corrected chi connectivity index (χ2v) is 6.47. The van der Waals surface area contributed by atoms with Crippen LogP contribution in [-0.4, -0.2) is 24.3 Å². The number of rotatable bonds is 4. The first-order valence-corrected chi connectivity index (χ1v) is 7.42. The summed E-state index contributed by atoms with van der Waals surface area (Å²) in [4.78, 5) is 1.94. The minimum atomic E-state index is 0.723. The molecule has 1 aromatic heterocycles. The largest absolute Gasteiger partial charge is 0.399 e. The maximum absolute atomic E-state index is 6.11. The fourth-order valence-corrected chi connectivity index (χ4v) is 3.30. The van der Waals surface area contributed by atoms with Crippen LogP contribution in [0, 0.1) is 0 Å². The van der Waals surface area contributed by atoms with Gasteiger partial charge in [-0.1, -0.05) is 34.7 Å². The molecule has 1 aromatic carbocycles. The second-order valence-electron chi connectivity index (χ2n) is 3.88. The van der Waals surface area contributed by atoms with Gasteiger partial charge in [-0.2, -0.15) is 0 Å². The number of thioether (sulfide) groups is 1. The van der Waals surface area contributed by atoms with Crippen LogP contribution >= 0.6 is 34.7 Å². The Balaban J connectivity index is 2.04. The van der Waals surface area contributed by atoms with Crippen molar-refractivity contribution in [3.63, 3.8) is 0 Å². The summed E-state index contributed by atoms with van der Waals surface area (Å²) < 4.78 is 0.928. The minimum Gasteiger partial charge on any atom is -0.399 e. The zero-order valence-electron chi connectivity index (χ0n) is 10.1. The Morgan fingerprint density at radius 3 is 2.83 bits per heavy atom. The molecule has 18 heavy (non-hydrogen) atoms. The maximum Gasteiger partial charge on any atom is 0.208 e. The van der Waals surface area contributed by atoms with Crippen LogP contribution < -0.4 is 10.6 Å². The van der Waals surface area contributed by atoms with Crippen LogP contribution in [0.4, 0.5) is 10.8 Å². The molecule has 0 bridgehead atoms. The molecule has 0 atom stereocenters.